The smallest absolute Gasteiger partial charge is 0.0540 e. The van der Waals surface area contributed by atoms with Crippen molar-refractivity contribution in [2.45, 2.75) is 0 Å². The first-order valence-electron chi connectivity index (χ1n) is 18.2. The molecule has 0 bridgehead atoms. The highest BCUT2D eigenvalue weighted by Gasteiger charge is 2.22. The number of fused-ring (bicyclic) bond motifs is 1. The van der Waals surface area contributed by atoms with Crippen LogP contribution in [0.3, 0.4) is 0 Å². The van der Waals surface area contributed by atoms with Gasteiger partial charge < -0.3 is 4.90 Å². The Morgan fingerprint density at radius 2 is 0.698 bits per heavy atom. The molecule has 0 heterocycles. The molecular formula is C52H37N. The van der Waals surface area contributed by atoms with Crippen molar-refractivity contribution in [2.24, 2.45) is 0 Å². The van der Waals surface area contributed by atoms with Crippen LogP contribution >= 0.6 is 0 Å². The van der Waals surface area contributed by atoms with Gasteiger partial charge in [0.1, 0.15) is 0 Å². The Labute approximate surface area is 311 Å². The van der Waals surface area contributed by atoms with Crippen molar-refractivity contribution in [1.82, 2.24) is 0 Å². The molecule has 0 spiro atoms. The lowest BCUT2D eigenvalue weighted by atomic mass is 9.92. The van der Waals surface area contributed by atoms with E-state index in [1.165, 1.54) is 55.3 Å². The molecule has 0 amide bonds. The molecule has 1 nitrogen and oxygen atoms in total. The third-order valence-electron chi connectivity index (χ3n) is 10.1. The van der Waals surface area contributed by atoms with Gasteiger partial charge in [0, 0.05) is 16.8 Å². The number of para-hydroxylation sites is 2. The Bertz CT molecular complexity index is 2670. The van der Waals surface area contributed by atoms with Crippen molar-refractivity contribution < 1.29 is 0 Å². The maximum absolute atomic E-state index is 2.44. The maximum Gasteiger partial charge on any atom is 0.0540 e. The van der Waals surface area contributed by atoms with E-state index in [-0.39, 0.29) is 0 Å². The molecule has 9 rings (SSSR count). The minimum Gasteiger partial charge on any atom is -0.309 e. The monoisotopic (exact) mass is 675 g/mol. The average Bonchev–Trinajstić information content (AvgIpc) is 3.25. The van der Waals surface area contributed by atoms with Crippen LogP contribution in [0.1, 0.15) is 0 Å². The van der Waals surface area contributed by atoms with Gasteiger partial charge in [0.05, 0.1) is 11.4 Å². The Kier molecular flexibility index (Phi) is 8.66. The van der Waals surface area contributed by atoms with Gasteiger partial charge in [0.15, 0.2) is 0 Å². The van der Waals surface area contributed by atoms with Crippen molar-refractivity contribution in [3.8, 4) is 55.6 Å². The molecule has 9 aromatic rings. The van der Waals surface area contributed by atoms with Crippen molar-refractivity contribution in [1.29, 1.82) is 0 Å². The zero-order valence-electron chi connectivity index (χ0n) is 29.3. The fraction of sp³-hybridized carbons (Fsp3) is 0. The molecule has 53 heavy (non-hydrogen) atoms. The standard InChI is InChI=1S/C52H37N/c1-3-18-38(19-4-1)46-29-9-10-31-49(46)50-32-12-14-35-52(50)53(51-34-13-11-30-48(51)40-20-5-2-6-21-40)44-27-16-25-42(37-44)41-24-15-26-43(36-41)47-33-17-23-39-22-7-8-28-45(39)47/h1-37H. The highest BCUT2D eigenvalue weighted by Crippen LogP contribution is 2.47. The summed E-state index contributed by atoms with van der Waals surface area (Å²) < 4.78 is 0. The van der Waals surface area contributed by atoms with Gasteiger partial charge in [-0.25, -0.2) is 0 Å². The minimum atomic E-state index is 1.09. The molecule has 0 fully saturated rings. The first-order valence-corrected chi connectivity index (χ1v) is 18.2. The summed E-state index contributed by atoms with van der Waals surface area (Å²) in [5, 5.41) is 2.51. The summed E-state index contributed by atoms with van der Waals surface area (Å²) in [5.41, 5.74) is 15.2. The molecule has 0 saturated heterocycles. The second-order valence-corrected chi connectivity index (χ2v) is 13.3. The largest absolute Gasteiger partial charge is 0.309 e. The lowest BCUT2D eigenvalue weighted by Crippen LogP contribution is -2.12. The molecule has 0 N–H and O–H groups in total. The van der Waals surface area contributed by atoms with Gasteiger partial charge in [-0.3, -0.25) is 0 Å². The lowest BCUT2D eigenvalue weighted by molar-refractivity contribution is 1.28. The van der Waals surface area contributed by atoms with Crippen LogP contribution in [0.5, 0.6) is 0 Å². The maximum atomic E-state index is 2.44. The fourth-order valence-electron chi connectivity index (χ4n) is 7.59. The van der Waals surface area contributed by atoms with E-state index in [4.69, 9.17) is 0 Å². The minimum absolute atomic E-state index is 1.09. The second-order valence-electron chi connectivity index (χ2n) is 13.3. The number of rotatable bonds is 8. The van der Waals surface area contributed by atoms with Crippen LogP contribution in [0, 0.1) is 0 Å². The molecule has 0 aliphatic carbocycles. The molecule has 1 heteroatoms. The molecule has 0 radical (unpaired) electrons. The summed E-state index contributed by atoms with van der Waals surface area (Å²) in [5.74, 6) is 0. The van der Waals surface area contributed by atoms with Crippen LogP contribution in [-0.4, -0.2) is 0 Å². The number of anilines is 3. The molecule has 0 aliphatic heterocycles. The Morgan fingerprint density at radius 1 is 0.245 bits per heavy atom. The van der Waals surface area contributed by atoms with Crippen LogP contribution in [0.15, 0.2) is 224 Å². The predicted molar refractivity (Wildman–Crippen MR) is 226 cm³/mol. The molecule has 0 aliphatic rings. The lowest BCUT2D eigenvalue weighted by Gasteiger charge is -2.30. The molecular weight excluding hydrogens is 639 g/mol. The van der Waals surface area contributed by atoms with Crippen LogP contribution < -0.4 is 4.90 Å². The Hall–Kier alpha value is -6.96. The van der Waals surface area contributed by atoms with Crippen molar-refractivity contribution in [3.05, 3.63) is 224 Å². The van der Waals surface area contributed by atoms with Crippen molar-refractivity contribution in [3.63, 3.8) is 0 Å². The van der Waals surface area contributed by atoms with Gasteiger partial charge in [-0.2, -0.15) is 0 Å². The zero-order valence-corrected chi connectivity index (χ0v) is 29.3. The SMILES string of the molecule is c1ccc(-c2ccccc2-c2ccccc2N(c2cccc(-c3cccc(-c4cccc5ccccc45)c3)c2)c2ccccc2-c2ccccc2)cc1. The van der Waals surface area contributed by atoms with Crippen LogP contribution in [0.4, 0.5) is 17.1 Å². The Balaban J connectivity index is 1.24. The average molecular weight is 676 g/mol. The first kappa shape index (κ1) is 32.0. The Morgan fingerprint density at radius 3 is 1.45 bits per heavy atom. The van der Waals surface area contributed by atoms with E-state index in [1.807, 2.05) is 0 Å². The molecule has 0 saturated carbocycles. The first-order chi connectivity index (χ1) is 26.3. The summed E-state index contributed by atoms with van der Waals surface area (Å²) in [4.78, 5) is 2.44. The highest BCUT2D eigenvalue weighted by molar-refractivity contribution is 5.99. The molecule has 0 unspecified atom stereocenters. The summed E-state index contributed by atoms with van der Waals surface area (Å²) in [6, 6.07) is 80.8. The van der Waals surface area contributed by atoms with Crippen molar-refractivity contribution >= 4 is 27.8 Å². The van der Waals surface area contributed by atoms with Gasteiger partial charge in [0.2, 0.25) is 0 Å². The van der Waals surface area contributed by atoms with E-state index in [9.17, 15) is 0 Å². The van der Waals surface area contributed by atoms with Crippen LogP contribution in [0.25, 0.3) is 66.4 Å². The van der Waals surface area contributed by atoms with Gasteiger partial charge in [-0.05, 0) is 85.6 Å². The van der Waals surface area contributed by atoms with Crippen molar-refractivity contribution in [2.75, 3.05) is 4.90 Å². The summed E-state index contributed by atoms with van der Waals surface area (Å²) in [6.07, 6.45) is 0. The van der Waals surface area contributed by atoms with E-state index < -0.39 is 0 Å². The van der Waals surface area contributed by atoms with Gasteiger partial charge in [-0.1, -0.05) is 194 Å². The van der Waals surface area contributed by atoms with E-state index in [2.05, 4.69) is 229 Å². The quantitative estimate of drug-likeness (QED) is 0.155. The number of hydrogen-bond acceptors (Lipinski definition) is 1. The van der Waals surface area contributed by atoms with Crippen LogP contribution in [0.2, 0.25) is 0 Å². The van der Waals surface area contributed by atoms with E-state index in [0.29, 0.717) is 0 Å². The molecule has 250 valence electrons. The van der Waals surface area contributed by atoms with E-state index in [1.54, 1.807) is 0 Å². The van der Waals surface area contributed by atoms with Crippen LogP contribution in [-0.2, 0) is 0 Å². The topological polar surface area (TPSA) is 3.24 Å². The fourth-order valence-corrected chi connectivity index (χ4v) is 7.59. The number of nitrogens with zero attached hydrogens (tertiary/aromatic N) is 1. The summed E-state index contributed by atoms with van der Waals surface area (Å²) >= 11 is 0. The van der Waals surface area contributed by atoms with Gasteiger partial charge in [-0.15, -0.1) is 0 Å². The third kappa shape index (κ3) is 6.30. The molecule has 0 atom stereocenters. The normalized spacial score (nSPS) is 11.0. The van der Waals surface area contributed by atoms with E-state index in [0.717, 1.165) is 28.2 Å². The summed E-state index contributed by atoms with van der Waals surface area (Å²) in [6.45, 7) is 0. The molecule has 0 aromatic heterocycles. The second kappa shape index (κ2) is 14.3. The predicted octanol–water partition coefficient (Wildman–Crippen LogP) is 14.6. The molecule has 9 aromatic carbocycles. The van der Waals surface area contributed by atoms with Gasteiger partial charge in [0.25, 0.3) is 0 Å². The third-order valence-corrected chi connectivity index (χ3v) is 10.1. The highest BCUT2D eigenvalue weighted by atomic mass is 15.1. The van der Waals surface area contributed by atoms with Gasteiger partial charge >= 0.3 is 0 Å². The van der Waals surface area contributed by atoms with E-state index >= 15 is 0 Å². The number of hydrogen-bond donors (Lipinski definition) is 0. The zero-order chi connectivity index (χ0) is 35.4. The number of benzene rings is 9. The summed E-state index contributed by atoms with van der Waals surface area (Å²) in [7, 11) is 0.